The fraction of sp³-hybridized carbons (Fsp3) is 0. The average molecular weight is 806 g/mol. The van der Waals surface area contributed by atoms with Crippen molar-refractivity contribution < 1.29 is 4.42 Å². The van der Waals surface area contributed by atoms with Gasteiger partial charge in [-0.15, -0.1) is 0 Å². The van der Waals surface area contributed by atoms with Crippen molar-refractivity contribution in [3.05, 3.63) is 212 Å². The van der Waals surface area contributed by atoms with Crippen LogP contribution in [0.5, 0.6) is 0 Å². The molecule has 9 aromatic carbocycles. The third kappa shape index (κ3) is 5.69. The van der Waals surface area contributed by atoms with Gasteiger partial charge < -0.3 is 13.6 Å². The fourth-order valence-electron chi connectivity index (χ4n) is 9.42. The van der Waals surface area contributed by atoms with Gasteiger partial charge in [0.05, 0.1) is 22.1 Å². The molecule has 0 amide bonds. The molecule has 0 aliphatic carbocycles. The Hall–Kier alpha value is -8.61. The van der Waals surface area contributed by atoms with Gasteiger partial charge in [0.2, 0.25) is 0 Å². The number of nitrogens with zero attached hydrogens (tertiary/aromatic N) is 5. The molecule has 0 spiro atoms. The zero-order valence-electron chi connectivity index (χ0n) is 33.9. The molecule has 13 rings (SSSR count). The van der Waals surface area contributed by atoms with E-state index in [1.54, 1.807) is 0 Å². The number of para-hydroxylation sites is 3. The van der Waals surface area contributed by atoms with Crippen LogP contribution in [-0.2, 0) is 0 Å². The summed E-state index contributed by atoms with van der Waals surface area (Å²) in [6.07, 6.45) is 0. The summed E-state index contributed by atoms with van der Waals surface area (Å²) in [5, 5.41) is 6.91. The Balaban J connectivity index is 0.973. The molecule has 0 N–H and O–H groups in total. The third-order valence-corrected chi connectivity index (χ3v) is 12.4. The molecule has 6 nitrogen and oxygen atoms in total. The topological polar surface area (TPSA) is 61.7 Å². The van der Waals surface area contributed by atoms with Crippen molar-refractivity contribution in [2.45, 2.75) is 0 Å². The van der Waals surface area contributed by atoms with Gasteiger partial charge in [0, 0.05) is 60.4 Å². The van der Waals surface area contributed by atoms with E-state index in [1.165, 1.54) is 32.6 Å². The van der Waals surface area contributed by atoms with E-state index in [2.05, 4.69) is 149 Å². The van der Waals surface area contributed by atoms with Gasteiger partial charge in [-0.2, -0.15) is 0 Å². The molecule has 4 aromatic heterocycles. The summed E-state index contributed by atoms with van der Waals surface area (Å²) in [6, 6.07) is 74.7. The predicted octanol–water partition coefficient (Wildman–Crippen LogP) is 14.6. The molecule has 0 radical (unpaired) electrons. The minimum Gasteiger partial charge on any atom is -0.456 e. The summed E-state index contributed by atoms with van der Waals surface area (Å²) >= 11 is 0. The van der Waals surface area contributed by atoms with E-state index in [-0.39, 0.29) is 0 Å². The molecule has 0 aliphatic rings. The Morgan fingerprint density at radius 1 is 0.270 bits per heavy atom. The highest BCUT2D eigenvalue weighted by atomic mass is 16.3. The Morgan fingerprint density at radius 3 is 1.29 bits per heavy atom. The molecule has 6 heteroatoms. The summed E-state index contributed by atoms with van der Waals surface area (Å²) in [7, 11) is 0. The molecule has 0 atom stereocenters. The molecule has 0 unspecified atom stereocenters. The Bertz CT molecular complexity index is 3790. The number of aromatic nitrogens is 5. The second-order valence-electron chi connectivity index (χ2n) is 16.0. The van der Waals surface area contributed by atoms with Crippen LogP contribution in [0.1, 0.15) is 0 Å². The van der Waals surface area contributed by atoms with Gasteiger partial charge in [-0.1, -0.05) is 127 Å². The van der Waals surface area contributed by atoms with Crippen LogP contribution in [0.2, 0.25) is 0 Å². The lowest BCUT2D eigenvalue weighted by atomic mass is 10.00. The van der Waals surface area contributed by atoms with E-state index in [1.807, 2.05) is 72.8 Å². The second kappa shape index (κ2) is 14.0. The lowest BCUT2D eigenvalue weighted by Gasteiger charge is -2.10. The maximum absolute atomic E-state index is 6.45. The number of benzene rings is 9. The summed E-state index contributed by atoms with van der Waals surface area (Å²) in [5.41, 5.74) is 13.6. The normalized spacial score (nSPS) is 11.8. The van der Waals surface area contributed by atoms with Gasteiger partial charge in [-0.3, -0.25) is 0 Å². The summed E-state index contributed by atoms with van der Waals surface area (Å²) in [6.45, 7) is 0. The first kappa shape index (κ1) is 35.2. The maximum atomic E-state index is 6.45. The van der Waals surface area contributed by atoms with E-state index in [0.29, 0.717) is 17.5 Å². The Labute approximate surface area is 361 Å². The highest BCUT2D eigenvalue weighted by molar-refractivity contribution is 6.13. The average Bonchev–Trinajstić information content (AvgIpc) is 4.01. The Kier molecular flexibility index (Phi) is 7.80. The largest absolute Gasteiger partial charge is 0.456 e. The first-order valence-electron chi connectivity index (χ1n) is 21.2. The minimum absolute atomic E-state index is 0.607. The van der Waals surface area contributed by atoms with E-state index in [4.69, 9.17) is 19.4 Å². The zero-order chi connectivity index (χ0) is 41.4. The predicted molar refractivity (Wildman–Crippen MR) is 258 cm³/mol. The van der Waals surface area contributed by atoms with Crippen LogP contribution < -0.4 is 0 Å². The molecule has 4 heterocycles. The molecule has 63 heavy (non-hydrogen) atoms. The van der Waals surface area contributed by atoms with E-state index >= 15 is 0 Å². The van der Waals surface area contributed by atoms with E-state index in [0.717, 1.165) is 72.2 Å². The van der Waals surface area contributed by atoms with Crippen LogP contribution in [0.3, 0.4) is 0 Å². The van der Waals surface area contributed by atoms with Gasteiger partial charge >= 0.3 is 0 Å². The highest BCUT2D eigenvalue weighted by Crippen LogP contribution is 2.40. The summed E-state index contributed by atoms with van der Waals surface area (Å²) in [4.78, 5) is 14.9. The maximum Gasteiger partial charge on any atom is 0.164 e. The van der Waals surface area contributed by atoms with Gasteiger partial charge in [-0.05, 0) is 96.1 Å². The molecule has 0 saturated carbocycles. The number of hydrogen-bond donors (Lipinski definition) is 0. The van der Waals surface area contributed by atoms with Crippen molar-refractivity contribution in [1.82, 2.24) is 24.1 Å². The van der Waals surface area contributed by atoms with Gasteiger partial charge in [-0.25, -0.2) is 15.0 Å². The van der Waals surface area contributed by atoms with Crippen molar-refractivity contribution in [3.8, 4) is 56.7 Å². The van der Waals surface area contributed by atoms with Gasteiger partial charge in [0.25, 0.3) is 0 Å². The smallest absolute Gasteiger partial charge is 0.164 e. The van der Waals surface area contributed by atoms with Gasteiger partial charge in [0.1, 0.15) is 11.2 Å². The third-order valence-electron chi connectivity index (χ3n) is 12.4. The Morgan fingerprint density at radius 2 is 0.683 bits per heavy atom. The lowest BCUT2D eigenvalue weighted by molar-refractivity contribution is 0.669. The second-order valence-corrected chi connectivity index (χ2v) is 16.0. The first-order chi connectivity index (χ1) is 31.2. The molecular formula is C57H35N5O. The monoisotopic (exact) mass is 805 g/mol. The van der Waals surface area contributed by atoms with Crippen molar-refractivity contribution in [1.29, 1.82) is 0 Å². The lowest BCUT2D eigenvalue weighted by Crippen LogP contribution is -2.00. The molecule has 0 bridgehead atoms. The van der Waals surface area contributed by atoms with Crippen molar-refractivity contribution in [2.24, 2.45) is 0 Å². The quantitative estimate of drug-likeness (QED) is 0.168. The number of hydrogen-bond acceptors (Lipinski definition) is 4. The van der Waals surface area contributed by atoms with Crippen molar-refractivity contribution in [3.63, 3.8) is 0 Å². The zero-order valence-corrected chi connectivity index (χ0v) is 33.9. The molecule has 0 saturated heterocycles. The van der Waals surface area contributed by atoms with Crippen LogP contribution in [0, 0.1) is 0 Å². The molecule has 0 aliphatic heterocycles. The molecular weight excluding hydrogens is 771 g/mol. The molecule has 13 aromatic rings. The highest BCUT2D eigenvalue weighted by Gasteiger charge is 2.19. The van der Waals surface area contributed by atoms with Crippen LogP contribution in [-0.4, -0.2) is 24.1 Å². The minimum atomic E-state index is 0.607. The van der Waals surface area contributed by atoms with E-state index in [9.17, 15) is 0 Å². The standard InChI is InChI=1S/C57H35N5O/c1-4-14-36(15-5-1)55-58-56(37-16-6-2-7-17-37)60-57(59-55)40-26-31-54-48(34-40)47-33-39(25-30-53(47)63-54)38-24-28-51-45(32-38)46-35-42(27-29-52(46)61(51)41-18-8-3-9-19-41)62-49-22-12-10-20-43(49)44-21-11-13-23-50(44)62/h1-35H. The van der Waals surface area contributed by atoms with Crippen LogP contribution in [0.4, 0.5) is 0 Å². The summed E-state index contributed by atoms with van der Waals surface area (Å²) < 4.78 is 11.2. The number of furan rings is 1. The number of rotatable bonds is 6. The van der Waals surface area contributed by atoms with Gasteiger partial charge in [0.15, 0.2) is 17.5 Å². The van der Waals surface area contributed by atoms with Crippen molar-refractivity contribution >= 4 is 65.6 Å². The van der Waals surface area contributed by atoms with Crippen LogP contribution in [0.25, 0.3) is 122 Å². The molecule has 294 valence electrons. The fourth-order valence-corrected chi connectivity index (χ4v) is 9.42. The summed E-state index contributed by atoms with van der Waals surface area (Å²) in [5.74, 6) is 1.87. The van der Waals surface area contributed by atoms with Crippen molar-refractivity contribution in [2.75, 3.05) is 0 Å². The van der Waals surface area contributed by atoms with E-state index < -0.39 is 0 Å². The SMILES string of the molecule is c1ccc(-c2nc(-c3ccccc3)nc(-c3ccc4oc5ccc(-c6ccc7c(c6)c6cc(-n8c9ccccc9c9ccccc98)ccc6n7-c6ccccc6)cc5c4c3)n2)cc1. The first-order valence-corrected chi connectivity index (χ1v) is 21.2. The van der Waals surface area contributed by atoms with Crippen LogP contribution in [0.15, 0.2) is 217 Å². The number of fused-ring (bicyclic) bond motifs is 9. The molecule has 0 fully saturated rings. The van der Waals surface area contributed by atoms with Crippen LogP contribution >= 0.6 is 0 Å².